The molecule has 0 unspecified atom stereocenters. The van der Waals surface area contributed by atoms with Crippen molar-refractivity contribution in [1.82, 2.24) is 0 Å². The number of hydrogen-bond donors (Lipinski definition) is 0. The predicted octanol–water partition coefficient (Wildman–Crippen LogP) is 1.67. The van der Waals surface area contributed by atoms with Crippen LogP contribution in [0.1, 0.15) is 0 Å². The van der Waals surface area contributed by atoms with Gasteiger partial charge in [0.05, 0.1) is 0 Å². The number of hydrogen-bond acceptors (Lipinski definition) is 2. The maximum absolute atomic E-state index is 12.7. The maximum atomic E-state index is 12.7. The van der Waals surface area contributed by atoms with Gasteiger partial charge in [-0.1, -0.05) is 0 Å². The van der Waals surface area contributed by atoms with Crippen LogP contribution in [0.25, 0.3) is 0 Å². The second-order valence-corrected chi connectivity index (χ2v) is 1.93. The van der Waals surface area contributed by atoms with Gasteiger partial charge in [0.15, 0.2) is 18.2 Å². The molecule has 0 saturated heterocycles. The molecule has 0 fully saturated rings. The van der Waals surface area contributed by atoms with Crippen LogP contribution in [0.5, 0.6) is 5.75 Å². The molecule has 1 aromatic rings. The first-order chi connectivity index (χ1) is 5.75. The minimum absolute atomic E-state index is 0.295. The van der Waals surface area contributed by atoms with Gasteiger partial charge in [0.2, 0.25) is 5.82 Å². The fraction of sp³-hybridized carbons (Fsp3) is 0.125. The second kappa shape index (κ2) is 3.67. The number of halogens is 2. The molecule has 0 N–H and O–H groups in total. The van der Waals surface area contributed by atoms with Gasteiger partial charge in [-0.3, -0.25) is 0 Å². The Morgan fingerprint density at radius 1 is 1.50 bits per heavy atom. The number of ether oxygens (including phenoxy) is 1. The van der Waals surface area contributed by atoms with E-state index in [1.165, 1.54) is 0 Å². The highest BCUT2D eigenvalue weighted by atomic mass is 19.2. The standard InChI is InChI=1S/C8H4F2NO/c9-6-2-1-3-7(8(6)10)12-5-4-11/h2-3H,5H2. The van der Waals surface area contributed by atoms with Gasteiger partial charge in [-0.2, -0.15) is 9.65 Å². The van der Waals surface area contributed by atoms with Crippen molar-refractivity contribution >= 4 is 0 Å². The summed E-state index contributed by atoms with van der Waals surface area (Å²) in [5.41, 5.74) is 0. The third-order valence-corrected chi connectivity index (χ3v) is 1.14. The zero-order valence-electron chi connectivity index (χ0n) is 5.97. The summed E-state index contributed by atoms with van der Waals surface area (Å²) in [5, 5.41) is 8.09. The van der Waals surface area contributed by atoms with Crippen LogP contribution in [0, 0.1) is 29.0 Å². The van der Waals surface area contributed by atoms with E-state index in [1.807, 2.05) is 0 Å². The second-order valence-electron chi connectivity index (χ2n) is 1.93. The molecule has 0 spiro atoms. The molecule has 12 heavy (non-hydrogen) atoms. The van der Waals surface area contributed by atoms with E-state index in [2.05, 4.69) is 10.8 Å². The Morgan fingerprint density at radius 3 is 2.92 bits per heavy atom. The lowest BCUT2D eigenvalue weighted by atomic mass is 10.3. The Hall–Kier alpha value is -1.63. The first-order valence-electron chi connectivity index (χ1n) is 3.10. The number of nitrogens with zero attached hydrogens (tertiary/aromatic N) is 1. The molecule has 0 aliphatic carbocycles. The summed E-state index contributed by atoms with van der Waals surface area (Å²) < 4.78 is 29.7. The topological polar surface area (TPSA) is 33.0 Å². The van der Waals surface area contributed by atoms with Gasteiger partial charge in [-0.25, -0.2) is 4.39 Å². The van der Waals surface area contributed by atoms with Gasteiger partial charge in [0.1, 0.15) is 6.07 Å². The van der Waals surface area contributed by atoms with Gasteiger partial charge in [0.25, 0.3) is 0 Å². The normalized spacial score (nSPS) is 9.08. The molecule has 0 aromatic heterocycles. The third-order valence-electron chi connectivity index (χ3n) is 1.14. The summed E-state index contributed by atoms with van der Waals surface area (Å²) in [7, 11) is 0. The number of nitriles is 1. The van der Waals surface area contributed by atoms with Crippen LogP contribution in [0.4, 0.5) is 8.78 Å². The van der Waals surface area contributed by atoms with Crippen molar-refractivity contribution in [3.63, 3.8) is 0 Å². The Kier molecular flexibility index (Phi) is 2.59. The van der Waals surface area contributed by atoms with E-state index in [4.69, 9.17) is 5.26 Å². The third kappa shape index (κ3) is 1.70. The average Bonchev–Trinajstić information content (AvgIpc) is 2.08. The molecule has 4 heteroatoms. The summed E-state index contributed by atoms with van der Waals surface area (Å²) >= 11 is 0. The van der Waals surface area contributed by atoms with E-state index in [0.29, 0.717) is 0 Å². The summed E-state index contributed by atoms with van der Waals surface area (Å²) in [4.78, 5) is 0. The molecular weight excluding hydrogens is 164 g/mol. The zero-order valence-corrected chi connectivity index (χ0v) is 5.97. The van der Waals surface area contributed by atoms with E-state index < -0.39 is 11.6 Å². The van der Waals surface area contributed by atoms with Crippen LogP contribution in [0.15, 0.2) is 12.1 Å². The minimum atomic E-state index is -1.09. The lowest BCUT2D eigenvalue weighted by molar-refractivity contribution is 0.336. The van der Waals surface area contributed by atoms with Gasteiger partial charge < -0.3 is 4.74 Å². The Bertz CT molecular complexity index is 319. The Balaban J connectivity index is 2.86. The van der Waals surface area contributed by atoms with Crippen molar-refractivity contribution in [2.45, 2.75) is 0 Å². The van der Waals surface area contributed by atoms with Gasteiger partial charge in [-0.15, -0.1) is 0 Å². The number of benzene rings is 1. The zero-order chi connectivity index (χ0) is 8.97. The summed E-state index contributed by atoms with van der Waals surface area (Å²) in [6.07, 6.45) is 0. The minimum Gasteiger partial charge on any atom is -0.476 e. The lowest BCUT2D eigenvalue weighted by Crippen LogP contribution is -1.97. The average molecular weight is 168 g/mol. The first-order valence-corrected chi connectivity index (χ1v) is 3.10. The van der Waals surface area contributed by atoms with Crippen LogP contribution in [-0.4, -0.2) is 6.61 Å². The van der Waals surface area contributed by atoms with Crippen LogP contribution >= 0.6 is 0 Å². The molecule has 1 aromatic carbocycles. The molecule has 0 bridgehead atoms. The molecule has 1 rings (SSSR count). The molecule has 0 heterocycles. The highest BCUT2D eigenvalue weighted by Gasteiger charge is 2.07. The van der Waals surface area contributed by atoms with Crippen LogP contribution in [0.3, 0.4) is 0 Å². The molecule has 2 nitrogen and oxygen atoms in total. The Labute approximate surface area is 68.0 Å². The summed E-state index contributed by atoms with van der Waals surface area (Å²) in [6.45, 7) is -0.311. The highest BCUT2D eigenvalue weighted by Crippen LogP contribution is 2.18. The largest absolute Gasteiger partial charge is 0.476 e. The van der Waals surface area contributed by atoms with Gasteiger partial charge >= 0.3 is 0 Å². The van der Waals surface area contributed by atoms with Crippen molar-refractivity contribution in [1.29, 1.82) is 5.26 Å². The van der Waals surface area contributed by atoms with Gasteiger partial charge in [0, 0.05) is 0 Å². The quantitative estimate of drug-likeness (QED) is 0.672. The molecule has 0 amide bonds. The number of rotatable bonds is 2. The van der Waals surface area contributed by atoms with Crippen molar-refractivity contribution < 1.29 is 13.5 Å². The van der Waals surface area contributed by atoms with E-state index in [1.54, 1.807) is 6.07 Å². The van der Waals surface area contributed by atoms with E-state index in [9.17, 15) is 8.78 Å². The SMILES string of the molecule is N#CCOc1c[c]cc(F)c1F. The lowest BCUT2D eigenvalue weighted by Gasteiger charge is -2.01. The smallest absolute Gasteiger partial charge is 0.200 e. The molecule has 0 aliphatic heterocycles. The van der Waals surface area contributed by atoms with Crippen molar-refractivity contribution in [3.05, 3.63) is 29.8 Å². The fourth-order valence-electron chi connectivity index (χ4n) is 0.650. The first kappa shape index (κ1) is 8.47. The summed E-state index contributed by atoms with van der Waals surface area (Å²) in [6, 6.07) is 5.96. The van der Waals surface area contributed by atoms with Crippen molar-refractivity contribution in [2.24, 2.45) is 0 Å². The van der Waals surface area contributed by atoms with Gasteiger partial charge in [-0.05, 0) is 18.2 Å². The van der Waals surface area contributed by atoms with E-state index >= 15 is 0 Å². The summed E-state index contributed by atoms with van der Waals surface area (Å²) in [5.74, 6) is -2.43. The molecule has 0 saturated carbocycles. The predicted molar refractivity (Wildman–Crippen MR) is 36.3 cm³/mol. The van der Waals surface area contributed by atoms with E-state index in [-0.39, 0.29) is 12.4 Å². The molecule has 0 aliphatic rings. The van der Waals surface area contributed by atoms with Crippen LogP contribution < -0.4 is 4.74 Å². The highest BCUT2D eigenvalue weighted by molar-refractivity contribution is 5.24. The van der Waals surface area contributed by atoms with Crippen molar-refractivity contribution in [2.75, 3.05) is 6.61 Å². The maximum Gasteiger partial charge on any atom is 0.200 e. The molecular formula is C8H4F2NO. The van der Waals surface area contributed by atoms with E-state index in [0.717, 1.165) is 12.1 Å². The monoisotopic (exact) mass is 168 g/mol. The van der Waals surface area contributed by atoms with Crippen molar-refractivity contribution in [3.8, 4) is 11.8 Å². The Morgan fingerprint density at radius 2 is 2.25 bits per heavy atom. The van der Waals surface area contributed by atoms with Crippen LogP contribution in [-0.2, 0) is 0 Å². The van der Waals surface area contributed by atoms with Crippen LogP contribution in [0.2, 0.25) is 0 Å². The molecule has 0 atom stereocenters. The fourth-order valence-corrected chi connectivity index (χ4v) is 0.650. The molecule has 1 radical (unpaired) electrons. The molecule has 61 valence electrons.